The third-order valence-corrected chi connectivity index (χ3v) is 10.6. The molecule has 0 aromatic carbocycles. The largest absolute Gasteiger partial charge is 0.469 e. The highest BCUT2D eigenvalue weighted by Gasteiger charge is 2.35. The van der Waals surface area contributed by atoms with Gasteiger partial charge in [-0.2, -0.15) is 0 Å². The van der Waals surface area contributed by atoms with Crippen LogP contribution in [0.3, 0.4) is 0 Å². The molecule has 13 heteroatoms. The highest BCUT2D eigenvalue weighted by atomic mass is 16.5. The molecule has 3 aromatic heterocycles. The number of carbonyl (C=O) groups is 3. The van der Waals surface area contributed by atoms with Crippen LogP contribution in [0, 0.1) is 20.8 Å². The lowest BCUT2D eigenvalue weighted by Crippen LogP contribution is -2.29. The number of fused-ring (bicyclic) bond motifs is 8. The number of rotatable bonds is 15. The third kappa shape index (κ3) is 8.59. The number of aromatic amines is 2. The summed E-state index contributed by atoms with van der Waals surface area (Å²) in [5, 5.41) is 3.00. The molecule has 54 heavy (non-hydrogen) atoms. The number of nitrogens with zero attached hydrogens (tertiary/aromatic N) is 2. The number of aromatic nitrogens is 4. The van der Waals surface area contributed by atoms with Gasteiger partial charge in [-0.15, -0.1) is 0 Å². The molecule has 5 N–H and O–H groups in total. The number of hydrogen-bond acceptors (Lipinski definition) is 10. The number of H-pyrrole nitrogens is 2. The number of ether oxygens (including phenoxy) is 4. The monoisotopic (exact) mass is 742 g/mol. The van der Waals surface area contributed by atoms with Gasteiger partial charge in [0.15, 0.2) is 0 Å². The zero-order valence-electron chi connectivity index (χ0n) is 32.8. The fraction of sp³-hybridized carbons (Fsp3) is 0.488. The van der Waals surface area contributed by atoms with Crippen LogP contribution in [0.25, 0.3) is 33.2 Å². The second kappa shape index (κ2) is 18.0. The van der Waals surface area contributed by atoms with Crippen LogP contribution in [0.2, 0.25) is 0 Å². The average molecular weight is 743 g/mol. The first-order valence-electron chi connectivity index (χ1n) is 18.6. The molecule has 0 saturated heterocycles. The van der Waals surface area contributed by atoms with Crippen molar-refractivity contribution in [2.45, 2.75) is 79.1 Å². The van der Waals surface area contributed by atoms with Gasteiger partial charge in [0.1, 0.15) is 0 Å². The van der Waals surface area contributed by atoms with Crippen LogP contribution in [0.1, 0.15) is 96.0 Å². The summed E-state index contributed by atoms with van der Waals surface area (Å²) in [5.74, 6) is -1.64. The summed E-state index contributed by atoms with van der Waals surface area (Å²) in [7, 11) is 2.70. The molecule has 2 atom stereocenters. The zero-order valence-corrected chi connectivity index (χ0v) is 32.8. The molecule has 2 aliphatic rings. The van der Waals surface area contributed by atoms with Gasteiger partial charge >= 0.3 is 11.9 Å². The molecular weight excluding hydrogens is 688 g/mol. The molecule has 13 nitrogen and oxygen atoms in total. The van der Waals surface area contributed by atoms with Gasteiger partial charge in [-0.05, 0) is 86.6 Å². The van der Waals surface area contributed by atoms with Gasteiger partial charge in [0.05, 0.1) is 69.7 Å². The van der Waals surface area contributed by atoms with E-state index >= 15 is 0 Å². The topological polar surface area (TPSA) is 184 Å². The summed E-state index contributed by atoms with van der Waals surface area (Å²) in [6, 6.07) is 6.16. The van der Waals surface area contributed by atoms with Crippen molar-refractivity contribution >= 4 is 51.1 Å². The minimum Gasteiger partial charge on any atom is -0.469 e. The van der Waals surface area contributed by atoms with E-state index in [1.54, 1.807) is 0 Å². The Morgan fingerprint density at radius 2 is 1.46 bits per heavy atom. The van der Waals surface area contributed by atoms with Crippen molar-refractivity contribution in [3.8, 4) is 0 Å². The van der Waals surface area contributed by atoms with Crippen molar-refractivity contribution in [2.24, 2.45) is 5.73 Å². The molecule has 2 unspecified atom stereocenters. The lowest BCUT2D eigenvalue weighted by atomic mass is 9.84. The Kier molecular flexibility index (Phi) is 13.4. The van der Waals surface area contributed by atoms with Crippen molar-refractivity contribution in [3.05, 3.63) is 68.8 Å². The number of aryl methyl sites for hydroxylation is 4. The third-order valence-electron chi connectivity index (χ3n) is 10.6. The van der Waals surface area contributed by atoms with Crippen LogP contribution >= 0.6 is 0 Å². The van der Waals surface area contributed by atoms with E-state index in [2.05, 4.69) is 56.0 Å². The van der Waals surface area contributed by atoms with Gasteiger partial charge in [-0.25, -0.2) is 4.98 Å². The first kappa shape index (κ1) is 40.3. The van der Waals surface area contributed by atoms with Crippen molar-refractivity contribution < 1.29 is 33.3 Å². The van der Waals surface area contributed by atoms with Crippen molar-refractivity contribution in [1.29, 1.82) is 0 Å². The van der Waals surface area contributed by atoms with E-state index in [1.165, 1.54) is 14.2 Å². The Morgan fingerprint density at radius 3 is 2.13 bits per heavy atom. The summed E-state index contributed by atoms with van der Waals surface area (Å²) in [6.07, 6.45) is 1.15. The summed E-state index contributed by atoms with van der Waals surface area (Å²) >= 11 is 0. The standard InChI is InChI=1S/C41H54N6O7/c1-9-27-24(4)32-19-30-22(2)23(3)31(44-30)20-33-25(5)28(10-11-36(48)51-7)39(46-33)29(18-37(49)52-8)40-38(26(6)34(47-40)21-35(27)45-32)41(50)43-13-15-54-17-16-53-14-12-42/h19-21,25,28,44-45H,9-18,42H2,1-8H3,(H,43,50). The van der Waals surface area contributed by atoms with E-state index < -0.39 is 5.97 Å². The maximum Gasteiger partial charge on any atom is 0.310 e. The Bertz CT molecular complexity index is 2100. The lowest BCUT2D eigenvalue weighted by Gasteiger charge is -2.18. The molecule has 5 heterocycles. The van der Waals surface area contributed by atoms with Crippen LogP contribution in [-0.4, -0.2) is 91.5 Å². The molecule has 8 bridgehead atoms. The Morgan fingerprint density at radius 1 is 0.815 bits per heavy atom. The maximum absolute atomic E-state index is 14.2. The number of nitrogens with one attached hydrogen (secondary N) is 3. The van der Waals surface area contributed by atoms with E-state index in [0.717, 1.165) is 56.4 Å². The number of carbonyl (C=O) groups excluding carboxylic acids is 3. The maximum atomic E-state index is 14.2. The molecule has 0 radical (unpaired) electrons. The second-order valence-electron chi connectivity index (χ2n) is 13.8. The molecule has 290 valence electrons. The number of amides is 1. The summed E-state index contributed by atoms with van der Waals surface area (Å²) in [6.45, 7) is 14.5. The molecule has 0 fully saturated rings. The van der Waals surface area contributed by atoms with Gasteiger partial charge in [-0.3, -0.25) is 19.4 Å². The predicted octanol–water partition coefficient (Wildman–Crippen LogP) is 5.40. The molecule has 0 spiro atoms. The van der Waals surface area contributed by atoms with Gasteiger partial charge in [0.25, 0.3) is 5.91 Å². The van der Waals surface area contributed by atoms with Crippen LogP contribution in [0.5, 0.6) is 0 Å². The summed E-state index contributed by atoms with van der Waals surface area (Å²) < 4.78 is 21.3. The summed E-state index contributed by atoms with van der Waals surface area (Å²) in [4.78, 5) is 57.5. The highest BCUT2D eigenvalue weighted by molar-refractivity contribution is 6.27. The van der Waals surface area contributed by atoms with Crippen LogP contribution in [0.4, 0.5) is 0 Å². The van der Waals surface area contributed by atoms with Crippen LogP contribution in [0.15, 0.2) is 18.2 Å². The lowest BCUT2D eigenvalue weighted by molar-refractivity contribution is -0.141. The fourth-order valence-corrected chi connectivity index (χ4v) is 7.29. The SMILES string of the molecule is CCc1c(C)c2cc3[nH]c(cc4nc(c(CC(=O)OC)c5nc(cc1[nH]2)C(C)=C5C(=O)NCCOCCOCCN)C(CCC(=O)OC)C4C)c(C)c3C. The van der Waals surface area contributed by atoms with Crippen LogP contribution in [-0.2, 0) is 46.2 Å². The number of nitrogens with two attached hydrogens (primary N) is 1. The highest BCUT2D eigenvalue weighted by Crippen LogP contribution is 2.44. The van der Waals surface area contributed by atoms with Gasteiger partial charge in [0.2, 0.25) is 0 Å². The van der Waals surface area contributed by atoms with E-state index in [-0.39, 0.29) is 49.7 Å². The smallest absolute Gasteiger partial charge is 0.310 e. The first-order valence-corrected chi connectivity index (χ1v) is 18.6. The quantitative estimate of drug-likeness (QED) is 0.116. The number of allylic oxidation sites excluding steroid dienone is 1. The molecule has 3 aromatic rings. The number of methoxy groups -OCH3 is 2. The van der Waals surface area contributed by atoms with Crippen molar-refractivity contribution in [3.63, 3.8) is 0 Å². The van der Waals surface area contributed by atoms with Gasteiger partial charge < -0.3 is 40.0 Å². The van der Waals surface area contributed by atoms with Crippen molar-refractivity contribution in [1.82, 2.24) is 25.3 Å². The Labute approximate surface area is 316 Å². The summed E-state index contributed by atoms with van der Waals surface area (Å²) in [5.41, 5.74) is 17.5. The van der Waals surface area contributed by atoms with Gasteiger partial charge in [0, 0.05) is 64.7 Å². The number of esters is 2. The van der Waals surface area contributed by atoms with E-state index in [9.17, 15) is 14.4 Å². The Balaban J connectivity index is 1.80. The van der Waals surface area contributed by atoms with E-state index in [1.807, 2.05) is 19.1 Å². The van der Waals surface area contributed by atoms with E-state index in [4.69, 9.17) is 34.6 Å². The first-order chi connectivity index (χ1) is 25.9. The molecule has 1 amide bonds. The van der Waals surface area contributed by atoms with E-state index in [0.29, 0.717) is 66.6 Å². The molecule has 2 aliphatic heterocycles. The normalized spacial score (nSPS) is 15.4. The molecule has 0 saturated carbocycles. The second-order valence-corrected chi connectivity index (χ2v) is 13.8. The molecular formula is C41H54N6O7. The minimum atomic E-state index is -0.504. The molecule has 5 rings (SSSR count). The fourth-order valence-electron chi connectivity index (χ4n) is 7.29. The van der Waals surface area contributed by atoms with Gasteiger partial charge in [-0.1, -0.05) is 13.8 Å². The minimum absolute atomic E-state index is 0.145. The zero-order chi connectivity index (χ0) is 39.1. The van der Waals surface area contributed by atoms with Crippen molar-refractivity contribution in [2.75, 3.05) is 53.7 Å². The Hall–Kier alpha value is -4.85. The number of hydrogen-bond donors (Lipinski definition) is 4. The predicted molar refractivity (Wildman–Crippen MR) is 209 cm³/mol. The molecule has 0 aliphatic carbocycles. The average Bonchev–Trinajstić information content (AvgIpc) is 3.83. The van der Waals surface area contributed by atoms with Crippen LogP contribution < -0.4 is 11.1 Å².